The van der Waals surface area contributed by atoms with Crippen LogP contribution in [-0.4, -0.2) is 10.9 Å². The van der Waals surface area contributed by atoms with E-state index in [1.807, 2.05) is 30.3 Å². The number of aryl methyl sites for hydroxylation is 3. The van der Waals surface area contributed by atoms with Gasteiger partial charge in [0.25, 0.3) is 0 Å². The molecule has 3 aromatic rings. The van der Waals surface area contributed by atoms with E-state index in [0.29, 0.717) is 13.0 Å². The maximum absolute atomic E-state index is 12.3. The van der Waals surface area contributed by atoms with Gasteiger partial charge in [-0.1, -0.05) is 42.5 Å². The number of benzene rings is 2. The van der Waals surface area contributed by atoms with Gasteiger partial charge in [0.1, 0.15) is 5.01 Å². The lowest BCUT2D eigenvalue weighted by Crippen LogP contribution is -2.24. The molecule has 0 unspecified atom stereocenters. The average Bonchev–Trinajstić information content (AvgIpc) is 3.26. The highest BCUT2D eigenvalue weighted by Gasteiger charge is 2.16. The molecular weight excluding hydrogens is 340 g/mol. The topological polar surface area (TPSA) is 42.0 Å². The molecule has 0 saturated heterocycles. The van der Waals surface area contributed by atoms with Gasteiger partial charge in [-0.15, -0.1) is 11.3 Å². The minimum Gasteiger partial charge on any atom is -0.352 e. The molecule has 26 heavy (non-hydrogen) atoms. The van der Waals surface area contributed by atoms with Gasteiger partial charge in [-0.05, 0) is 48.9 Å². The van der Waals surface area contributed by atoms with Crippen LogP contribution in [0.2, 0.25) is 0 Å². The van der Waals surface area contributed by atoms with Crippen LogP contribution in [0, 0.1) is 6.92 Å². The van der Waals surface area contributed by atoms with Gasteiger partial charge in [-0.25, -0.2) is 4.98 Å². The number of hydrogen-bond donors (Lipinski definition) is 1. The summed E-state index contributed by atoms with van der Waals surface area (Å²) in [5.74, 6) is 0.0168. The number of carbonyl (C=O) groups is 1. The zero-order valence-electron chi connectivity index (χ0n) is 14.9. The van der Waals surface area contributed by atoms with Crippen LogP contribution in [0.3, 0.4) is 0 Å². The van der Waals surface area contributed by atoms with Crippen LogP contribution in [0.4, 0.5) is 0 Å². The third-order valence-electron chi connectivity index (χ3n) is 4.86. The summed E-state index contributed by atoms with van der Waals surface area (Å²) in [4.78, 5) is 18.2. The fourth-order valence-electron chi connectivity index (χ4n) is 3.51. The van der Waals surface area contributed by atoms with Crippen LogP contribution >= 0.6 is 11.3 Å². The Hall–Kier alpha value is -2.46. The lowest BCUT2D eigenvalue weighted by Gasteiger charge is -2.04. The molecule has 0 radical (unpaired) electrons. The lowest BCUT2D eigenvalue weighted by atomic mass is 10.0. The summed E-state index contributed by atoms with van der Waals surface area (Å²) in [6, 6.07) is 16.7. The van der Waals surface area contributed by atoms with E-state index < -0.39 is 0 Å². The van der Waals surface area contributed by atoms with Gasteiger partial charge < -0.3 is 5.32 Å². The quantitative estimate of drug-likeness (QED) is 0.728. The first-order valence-corrected chi connectivity index (χ1v) is 9.90. The van der Waals surface area contributed by atoms with Gasteiger partial charge in [0.15, 0.2) is 0 Å². The molecule has 1 N–H and O–H groups in total. The number of hydrogen-bond acceptors (Lipinski definition) is 3. The van der Waals surface area contributed by atoms with Crippen molar-refractivity contribution in [2.75, 3.05) is 0 Å². The summed E-state index contributed by atoms with van der Waals surface area (Å²) in [7, 11) is 0. The van der Waals surface area contributed by atoms with Crippen LogP contribution in [-0.2, 0) is 30.6 Å². The van der Waals surface area contributed by atoms with Crippen LogP contribution in [0.5, 0.6) is 0 Å². The van der Waals surface area contributed by atoms with E-state index in [9.17, 15) is 4.79 Å². The SMILES string of the molecule is Cc1sc(CC(=O)NCc2ccccc2)nc1-c1ccc2c(c1)CCC2. The van der Waals surface area contributed by atoms with Crippen molar-refractivity contribution in [1.82, 2.24) is 10.3 Å². The van der Waals surface area contributed by atoms with Gasteiger partial charge in [-0.2, -0.15) is 0 Å². The molecule has 1 aliphatic rings. The average molecular weight is 362 g/mol. The van der Waals surface area contributed by atoms with Crippen molar-refractivity contribution in [2.24, 2.45) is 0 Å². The number of rotatable bonds is 5. The summed E-state index contributed by atoms with van der Waals surface area (Å²) in [5.41, 5.74) is 6.24. The lowest BCUT2D eigenvalue weighted by molar-refractivity contribution is -0.120. The molecule has 2 aromatic carbocycles. The van der Waals surface area contributed by atoms with Gasteiger partial charge in [-0.3, -0.25) is 4.79 Å². The molecular formula is C22H22N2OS. The standard InChI is InChI=1S/C22H22N2OS/c1-15-22(19-11-10-17-8-5-9-18(17)12-19)24-21(26-15)13-20(25)23-14-16-6-3-2-4-7-16/h2-4,6-7,10-12H,5,8-9,13-14H2,1H3,(H,23,25). The number of nitrogens with one attached hydrogen (secondary N) is 1. The first kappa shape index (κ1) is 17.0. The molecule has 132 valence electrons. The summed E-state index contributed by atoms with van der Waals surface area (Å²) in [6.07, 6.45) is 3.95. The Morgan fingerprint density at radius 2 is 1.92 bits per heavy atom. The smallest absolute Gasteiger partial charge is 0.227 e. The number of nitrogens with zero attached hydrogens (tertiary/aromatic N) is 1. The molecule has 0 aliphatic heterocycles. The summed E-state index contributed by atoms with van der Waals surface area (Å²) in [5, 5.41) is 3.86. The first-order chi connectivity index (χ1) is 12.7. The van der Waals surface area contributed by atoms with Gasteiger partial charge in [0.2, 0.25) is 5.91 Å². The van der Waals surface area contributed by atoms with Crippen LogP contribution in [0.1, 0.15) is 33.0 Å². The maximum Gasteiger partial charge on any atom is 0.227 e. The fourth-order valence-corrected chi connectivity index (χ4v) is 4.46. The second-order valence-corrected chi connectivity index (χ2v) is 8.08. The van der Waals surface area contributed by atoms with Crippen LogP contribution in [0.25, 0.3) is 11.3 Å². The van der Waals surface area contributed by atoms with E-state index >= 15 is 0 Å². The molecule has 4 heteroatoms. The minimum absolute atomic E-state index is 0.0168. The predicted molar refractivity (Wildman–Crippen MR) is 106 cm³/mol. The minimum atomic E-state index is 0.0168. The summed E-state index contributed by atoms with van der Waals surface area (Å²) >= 11 is 1.62. The molecule has 1 aromatic heterocycles. The molecule has 1 aliphatic carbocycles. The Bertz CT molecular complexity index is 931. The fraction of sp³-hybridized carbons (Fsp3) is 0.273. The van der Waals surface area contributed by atoms with Crippen molar-refractivity contribution in [3.05, 3.63) is 75.1 Å². The zero-order valence-corrected chi connectivity index (χ0v) is 15.7. The van der Waals surface area contributed by atoms with Gasteiger partial charge in [0.05, 0.1) is 12.1 Å². The number of amides is 1. The Morgan fingerprint density at radius 3 is 2.77 bits per heavy atom. The van der Waals surface area contributed by atoms with Gasteiger partial charge in [0, 0.05) is 17.0 Å². The van der Waals surface area contributed by atoms with Crippen molar-refractivity contribution in [3.63, 3.8) is 0 Å². The molecule has 0 fully saturated rings. The largest absolute Gasteiger partial charge is 0.352 e. The molecule has 0 bridgehead atoms. The van der Waals surface area contributed by atoms with Crippen molar-refractivity contribution in [2.45, 2.75) is 39.2 Å². The van der Waals surface area contributed by atoms with E-state index in [1.54, 1.807) is 11.3 Å². The molecule has 4 rings (SSSR count). The molecule has 0 saturated carbocycles. The Balaban J connectivity index is 1.44. The summed E-state index contributed by atoms with van der Waals surface area (Å²) in [6.45, 7) is 2.65. The van der Waals surface area contributed by atoms with Crippen molar-refractivity contribution < 1.29 is 4.79 Å². The molecule has 0 spiro atoms. The number of carbonyl (C=O) groups excluding carboxylic acids is 1. The number of aromatic nitrogens is 1. The number of fused-ring (bicyclic) bond motifs is 1. The molecule has 1 heterocycles. The highest BCUT2D eigenvalue weighted by atomic mass is 32.1. The normalized spacial score (nSPS) is 12.8. The van der Waals surface area contributed by atoms with Crippen molar-refractivity contribution >= 4 is 17.2 Å². The van der Waals surface area contributed by atoms with Crippen molar-refractivity contribution in [3.8, 4) is 11.3 Å². The molecule has 1 amide bonds. The van der Waals surface area contributed by atoms with Crippen molar-refractivity contribution in [1.29, 1.82) is 0 Å². The highest BCUT2D eigenvalue weighted by molar-refractivity contribution is 7.12. The maximum atomic E-state index is 12.3. The van der Waals surface area contributed by atoms with E-state index in [0.717, 1.165) is 16.3 Å². The third kappa shape index (κ3) is 3.70. The Kier molecular flexibility index (Phi) is 4.85. The zero-order chi connectivity index (χ0) is 17.9. The second-order valence-electron chi connectivity index (χ2n) is 6.79. The molecule has 0 atom stereocenters. The summed E-state index contributed by atoms with van der Waals surface area (Å²) < 4.78 is 0. The Labute approximate surface area is 158 Å². The molecule has 3 nitrogen and oxygen atoms in total. The van der Waals surface area contributed by atoms with E-state index in [2.05, 4.69) is 30.4 Å². The Morgan fingerprint density at radius 1 is 1.12 bits per heavy atom. The number of thiazole rings is 1. The monoisotopic (exact) mass is 362 g/mol. The first-order valence-electron chi connectivity index (χ1n) is 9.08. The van der Waals surface area contributed by atoms with Crippen LogP contribution in [0.15, 0.2) is 48.5 Å². The van der Waals surface area contributed by atoms with Gasteiger partial charge >= 0.3 is 0 Å². The highest BCUT2D eigenvalue weighted by Crippen LogP contribution is 2.31. The van der Waals surface area contributed by atoms with E-state index in [1.165, 1.54) is 40.8 Å². The van der Waals surface area contributed by atoms with E-state index in [-0.39, 0.29) is 5.91 Å². The third-order valence-corrected chi connectivity index (χ3v) is 5.83. The van der Waals surface area contributed by atoms with Crippen LogP contribution < -0.4 is 5.32 Å². The van der Waals surface area contributed by atoms with E-state index in [4.69, 9.17) is 4.98 Å². The second kappa shape index (κ2) is 7.42. The predicted octanol–water partition coefficient (Wildman–Crippen LogP) is 4.47.